The van der Waals surface area contributed by atoms with Crippen molar-refractivity contribution in [2.24, 2.45) is 23.1 Å². The molecule has 237 valence electrons. The van der Waals surface area contributed by atoms with E-state index in [4.69, 9.17) is 33.1 Å². The molecule has 0 saturated heterocycles. The van der Waals surface area contributed by atoms with Crippen molar-refractivity contribution < 1.29 is 33.9 Å². The number of carboxylic acid groups (broad SMARTS) is 1. The molecule has 42 heavy (non-hydrogen) atoms. The van der Waals surface area contributed by atoms with Crippen molar-refractivity contribution in [2.45, 2.75) is 76.5 Å². The van der Waals surface area contributed by atoms with E-state index in [0.29, 0.717) is 19.4 Å². The smallest absolute Gasteiger partial charge is 0.305 e. The van der Waals surface area contributed by atoms with Crippen molar-refractivity contribution in [1.29, 1.82) is 10.8 Å². The zero-order valence-corrected chi connectivity index (χ0v) is 23.9. The van der Waals surface area contributed by atoms with Gasteiger partial charge in [0.1, 0.15) is 18.1 Å². The van der Waals surface area contributed by atoms with Gasteiger partial charge in [-0.25, -0.2) is 0 Å². The number of aliphatic carboxylic acids is 1. The molecule has 0 aliphatic rings. The normalized spacial score (nSPS) is 13.4. The molecule has 0 heterocycles. The van der Waals surface area contributed by atoms with Crippen LogP contribution in [0.1, 0.15) is 52.4 Å². The van der Waals surface area contributed by atoms with Crippen molar-refractivity contribution in [3.05, 3.63) is 0 Å². The second-order valence-corrected chi connectivity index (χ2v) is 9.88. The summed E-state index contributed by atoms with van der Waals surface area (Å²) in [5.41, 5.74) is 16.4. The fourth-order valence-electron chi connectivity index (χ4n) is 3.56. The number of carbonyl (C=O) groups is 5. The standard InChI is InChI=1S/C24H44N11O7/c1-13(2)9-17(22(42)33-14(12-36)10-19(38)39)34-18(37)11-32-21(41)16(6-4-8-31-24(28)29)35-20(40)15(25)5-3-7-30-23(26)27/h13-17H,3-11,25H2,1-2H3,(H,32,41)(H,33,42)(H,34,37)(H,35,40)(H,38,39)(H4,26,27,30)(H4,28,29,31)/t14-,15-,16-,17-/m0/s1. The van der Waals surface area contributed by atoms with Crippen molar-refractivity contribution in [1.82, 2.24) is 31.9 Å². The minimum absolute atomic E-state index is 0.0700. The molecular weight excluding hydrogens is 554 g/mol. The monoisotopic (exact) mass is 598 g/mol. The van der Waals surface area contributed by atoms with Crippen LogP contribution in [0.5, 0.6) is 0 Å². The largest absolute Gasteiger partial charge is 0.481 e. The third-order valence-electron chi connectivity index (χ3n) is 5.58. The van der Waals surface area contributed by atoms with Gasteiger partial charge in [0.2, 0.25) is 29.9 Å². The number of carboxylic acids is 1. The number of amides is 4. The summed E-state index contributed by atoms with van der Waals surface area (Å²) in [5, 5.41) is 38.0. The Balaban J connectivity index is 5.23. The summed E-state index contributed by atoms with van der Waals surface area (Å²) in [6.07, 6.45) is 2.02. The van der Waals surface area contributed by atoms with Crippen LogP contribution in [0, 0.1) is 16.7 Å². The van der Waals surface area contributed by atoms with Gasteiger partial charge in [-0.3, -0.25) is 39.6 Å². The molecule has 1 radical (unpaired) electrons. The Labute approximate surface area is 244 Å². The van der Waals surface area contributed by atoms with Crippen LogP contribution in [0.15, 0.2) is 0 Å². The van der Waals surface area contributed by atoms with Crippen LogP contribution in [-0.2, 0) is 28.8 Å². The van der Waals surface area contributed by atoms with Crippen LogP contribution in [0.2, 0.25) is 0 Å². The first-order valence-electron chi connectivity index (χ1n) is 13.3. The minimum atomic E-state index is -1.40. The molecule has 0 rings (SSSR count). The van der Waals surface area contributed by atoms with Gasteiger partial charge in [-0.15, -0.1) is 0 Å². The quantitative estimate of drug-likeness (QED) is 0.0342. The minimum Gasteiger partial charge on any atom is -0.481 e. The average Bonchev–Trinajstić information content (AvgIpc) is 2.89. The molecule has 0 aromatic heterocycles. The number of nitrogens with two attached hydrogens (primary N) is 3. The van der Waals surface area contributed by atoms with Gasteiger partial charge in [0.25, 0.3) is 0 Å². The maximum Gasteiger partial charge on any atom is 0.305 e. The lowest BCUT2D eigenvalue weighted by Gasteiger charge is -2.23. The zero-order valence-electron chi connectivity index (χ0n) is 23.9. The van der Waals surface area contributed by atoms with Gasteiger partial charge in [-0.05, 0) is 38.0 Å². The van der Waals surface area contributed by atoms with E-state index < -0.39 is 66.7 Å². The average molecular weight is 599 g/mol. The molecule has 4 amide bonds. The summed E-state index contributed by atoms with van der Waals surface area (Å²) < 4.78 is 0. The summed E-state index contributed by atoms with van der Waals surface area (Å²) in [6, 6.07) is -4.57. The van der Waals surface area contributed by atoms with Crippen LogP contribution in [0.3, 0.4) is 0 Å². The number of rotatable bonds is 21. The summed E-state index contributed by atoms with van der Waals surface area (Å²) in [5.74, 6) is -4.71. The van der Waals surface area contributed by atoms with E-state index in [-0.39, 0.29) is 43.6 Å². The van der Waals surface area contributed by atoms with Gasteiger partial charge in [0.05, 0.1) is 19.0 Å². The SMILES string of the molecule is CC(C)C[C@H](NC(=O)CNC(=O)[C@H](CCCNC(=N)N)NC(=O)[C@@H](N)CCCNC(=N)N)C(=O)N[C@H]([C]=O)CC(=O)O. The van der Waals surface area contributed by atoms with E-state index in [0.717, 1.165) is 0 Å². The zero-order chi connectivity index (χ0) is 32.2. The molecule has 4 atom stereocenters. The highest BCUT2D eigenvalue weighted by molar-refractivity contribution is 5.93. The molecule has 0 saturated carbocycles. The fraction of sp³-hybridized carbons (Fsp3) is 0.667. The molecule has 0 bridgehead atoms. The molecule has 18 nitrogen and oxygen atoms in total. The van der Waals surface area contributed by atoms with E-state index in [2.05, 4.69) is 31.9 Å². The lowest BCUT2D eigenvalue weighted by Crippen LogP contribution is -2.55. The molecule has 0 unspecified atom stereocenters. The van der Waals surface area contributed by atoms with E-state index in [1.165, 1.54) is 6.29 Å². The van der Waals surface area contributed by atoms with Crippen molar-refractivity contribution in [3.8, 4) is 0 Å². The number of nitrogens with one attached hydrogen (secondary N) is 8. The highest BCUT2D eigenvalue weighted by Gasteiger charge is 2.27. The van der Waals surface area contributed by atoms with Gasteiger partial charge in [0.15, 0.2) is 11.9 Å². The Morgan fingerprint density at radius 2 is 1.38 bits per heavy atom. The highest BCUT2D eigenvalue weighted by atomic mass is 16.4. The summed E-state index contributed by atoms with van der Waals surface area (Å²) >= 11 is 0. The summed E-state index contributed by atoms with van der Waals surface area (Å²) in [6.45, 7) is 3.59. The molecule has 0 aliphatic heterocycles. The number of guanidine groups is 2. The third-order valence-corrected chi connectivity index (χ3v) is 5.58. The number of hydrogen-bond acceptors (Lipinski definition) is 9. The van der Waals surface area contributed by atoms with Crippen LogP contribution in [0.4, 0.5) is 0 Å². The maximum absolute atomic E-state index is 12.9. The Morgan fingerprint density at radius 1 is 0.810 bits per heavy atom. The van der Waals surface area contributed by atoms with Crippen LogP contribution in [-0.4, -0.2) is 96.7 Å². The molecule has 18 heteroatoms. The second-order valence-electron chi connectivity index (χ2n) is 9.88. The van der Waals surface area contributed by atoms with Crippen LogP contribution in [0.25, 0.3) is 0 Å². The number of hydrogen-bond donors (Lipinski definition) is 12. The Bertz CT molecular complexity index is 961. The van der Waals surface area contributed by atoms with E-state index >= 15 is 0 Å². The summed E-state index contributed by atoms with van der Waals surface area (Å²) in [4.78, 5) is 72.6. The molecular formula is C24H44N11O7. The predicted octanol–water partition coefficient (Wildman–Crippen LogP) is -3.96. The Hall–Kier alpha value is -4.48. The molecule has 0 spiro atoms. The maximum atomic E-state index is 12.9. The van der Waals surface area contributed by atoms with Gasteiger partial charge in [0, 0.05) is 13.1 Å². The molecule has 0 aromatic carbocycles. The van der Waals surface area contributed by atoms with Gasteiger partial charge >= 0.3 is 5.97 Å². The summed E-state index contributed by atoms with van der Waals surface area (Å²) in [7, 11) is 0. The first-order valence-corrected chi connectivity index (χ1v) is 13.3. The number of carbonyl (C=O) groups excluding carboxylic acids is 5. The second kappa shape index (κ2) is 20.4. The lowest BCUT2D eigenvalue weighted by atomic mass is 10.0. The third kappa shape index (κ3) is 18.0. The van der Waals surface area contributed by atoms with Gasteiger partial charge in [-0.2, -0.15) is 0 Å². The Morgan fingerprint density at radius 3 is 1.88 bits per heavy atom. The van der Waals surface area contributed by atoms with Crippen molar-refractivity contribution in [3.63, 3.8) is 0 Å². The van der Waals surface area contributed by atoms with Gasteiger partial charge < -0.3 is 54.2 Å². The first kappa shape index (κ1) is 37.5. The molecule has 0 fully saturated rings. The molecule has 0 aromatic rings. The van der Waals surface area contributed by atoms with E-state index in [1.807, 2.05) is 0 Å². The van der Waals surface area contributed by atoms with Crippen LogP contribution < -0.4 is 49.1 Å². The van der Waals surface area contributed by atoms with Crippen molar-refractivity contribution in [2.75, 3.05) is 19.6 Å². The fourth-order valence-corrected chi connectivity index (χ4v) is 3.56. The first-order chi connectivity index (χ1) is 19.7. The molecule has 15 N–H and O–H groups in total. The predicted molar refractivity (Wildman–Crippen MR) is 152 cm³/mol. The van der Waals surface area contributed by atoms with Crippen molar-refractivity contribution >= 4 is 47.8 Å². The lowest BCUT2D eigenvalue weighted by molar-refractivity contribution is -0.137. The van der Waals surface area contributed by atoms with Gasteiger partial charge in [-0.1, -0.05) is 13.8 Å². The highest BCUT2D eigenvalue weighted by Crippen LogP contribution is 2.06. The van der Waals surface area contributed by atoms with E-state index in [9.17, 15) is 28.8 Å². The van der Waals surface area contributed by atoms with Crippen LogP contribution >= 0.6 is 0 Å². The van der Waals surface area contributed by atoms with E-state index in [1.54, 1.807) is 13.8 Å². The molecule has 0 aliphatic carbocycles. The Kier molecular flexibility index (Phi) is 18.2. The topological polar surface area (TPSA) is 321 Å².